The Balaban J connectivity index is 1.37. The van der Waals surface area contributed by atoms with Crippen LogP contribution in [-0.2, 0) is 6.54 Å². The predicted molar refractivity (Wildman–Crippen MR) is 96.4 cm³/mol. The number of amides is 1. The molecule has 0 spiro atoms. The van der Waals surface area contributed by atoms with Crippen molar-refractivity contribution in [1.29, 1.82) is 0 Å². The maximum absolute atomic E-state index is 12.5. The van der Waals surface area contributed by atoms with Gasteiger partial charge in [0.05, 0.1) is 0 Å². The first-order valence-corrected chi connectivity index (χ1v) is 9.44. The number of carbonyl (C=O) groups is 1. The molecule has 132 valence electrons. The Hall–Kier alpha value is -2.17. The molecule has 2 aromatic rings. The zero-order valence-electron chi connectivity index (χ0n) is 14.9. The Morgan fingerprint density at radius 2 is 1.96 bits per heavy atom. The van der Waals surface area contributed by atoms with Gasteiger partial charge in [-0.25, -0.2) is 4.98 Å². The van der Waals surface area contributed by atoms with Gasteiger partial charge in [0.15, 0.2) is 0 Å². The lowest BCUT2D eigenvalue weighted by molar-refractivity contribution is 0.0676. The van der Waals surface area contributed by atoms with Gasteiger partial charge in [0.25, 0.3) is 5.91 Å². The summed E-state index contributed by atoms with van der Waals surface area (Å²) in [7, 11) is 0. The van der Waals surface area contributed by atoms with E-state index >= 15 is 0 Å². The lowest BCUT2D eigenvalue weighted by Crippen LogP contribution is -2.39. The third-order valence-electron chi connectivity index (χ3n) is 5.78. The molecule has 1 saturated carbocycles. The first-order chi connectivity index (χ1) is 12.2. The van der Waals surface area contributed by atoms with Gasteiger partial charge in [-0.2, -0.15) is 0 Å². The van der Waals surface area contributed by atoms with Crippen molar-refractivity contribution in [3.63, 3.8) is 0 Å². The highest BCUT2D eigenvalue weighted by atomic mass is 16.2. The van der Waals surface area contributed by atoms with Crippen LogP contribution in [0.3, 0.4) is 0 Å². The lowest BCUT2D eigenvalue weighted by atomic mass is 9.84. The Labute approximate surface area is 149 Å². The maximum atomic E-state index is 12.5. The number of hydrogen-bond acceptors (Lipinski definition) is 3. The van der Waals surface area contributed by atoms with E-state index in [1.807, 2.05) is 23.2 Å². The van der Waals surface area contributed by atoms with Gasteiger partial charge in [0.1, 0.15) is 11.5 Å². The van der Waals surface area contributed by atoms with Crippen molar-refractivity contribution >= 4 is 5.91 Å². The second-order valence-electron chi connectivity index (χ2n) is 7.45. The van der Waals surface area contributed by atoms with Crippen LogP contribution in [0.4, 0.5) is 0 Å². The fourth-order valence-electron chi connectivity index (χ4n) is 3.94. The summed E-state index contributed by atoms with van der Waals surface area (Å²) in [5.74, 6) is 2.64. The molecule has 0 bridgehead atoms. The normalized spacial score (nSPS) is 19.0. The highest BCUT2D eigenvalue weighted by Crippen LogP contribution is 2.36. The zero-order valence-corrected chi connectivity index (χ0v) is 14.9. The number of carbonyl (C=O) groups excluding carboxylic acids is 1. The standard InChI is InChI=1S/C20H26N4O/c1-15-13-22-19(17-5-4-6-17)24(15)14-16-8-11-23(12-9-16)20(25)18-7-2-3-10-21-18/h2-3,7,10,13,16-17H,4-6,8-9,11-12,14H2,1H3. The molecular formula is C20H26N4O. The summed E-state index contributed by atoms with van der Waals surface area (Å²) >= 11 is 0. The minimum absolute atomic E-state index is 0.0630. The Morgan fingerprint density at radius 1 is 1.16 bits per heavy atom. The quantitative estimate of drug-likeness (QED) is 0.858. The highest BCUT2D eigenvalue weighted by molar-refractivity contribution is 5.92. The van der Waals surface area contributed by atoms with Crippen molar-refractivity contribution in [2.75, 3.05) is 13.1 Å². The van der Waals surface area contributed by atoms with Gasteiger partial charge < -0.3 is 9.47 Å². The highest BCUT2D eigenvalue weighted by Gasteiger charge is 2.28. The number of likely N-dealkylation sites (tertiary alicyclic amines) is 1. The first-order valence-electron chi connectivity index (χ1n) is 9.44. The third-order valence-corrected chi connectivity index (χ3v) is 5.78. The monoisotopic (exact) mass is 338 g/mol. The van der Waals surface area contributed by atoms with Gasteiger partial charge >= 0.3 is 0 Å². The Kier molecular flexibility index (Phi) is 4.55. The van der Waals surface area contributed by atoms with Gasteiger partial charge in [-0.3, -0.25) is 9.78 Å². The van der Waals surface area contributed by atoms with Crippen molar-refractivity contribution in [1.82, 2.24) is 19.4 Å². The number of pyridine rings is 1. The van der Waals surface area contributed by atoms with Crippen LogP contribution in [0.25, 0.3) is 0 Å². The molecule has 2 fully saturated rings. The molecule has 2 aromatic heterocycles. The summed E-state index contributed by atoms with van der Waals surface area (Å²) in [5.41, 5.74) is 1.83. The third kappa shape index (κ3) is 3.32. The molecule has 1 amide bonds. The van der Waals surface area contributed by atoms with Crippen molar-refractivity contribution < 1.29 is 4.79 Å². The van der Waals surface area contributed by atoms with E-state index in [4.69, 9.17) is 0 Å². The van der Waals surface area contributed by atoms with Crippen LogP contribution in [-0.4, -0.2) is 38.4 Å². The van der Waals surface area contributed by atoms with Crippen LogP contribution in [0.15, 0.2) is 30.6 Å². The second-order valence-corrected chi connectivity index (χ2v) is 7.45. The van der Waals surface area contributed by atoms with Crippen molar-refractivity contribution in [3.05, 3.63) is 47.8 Å². The zero-order chi connectivity index (χ0) is 17.2. The molecule has 5 heteroatoms. The molecule has 2 aliphatic rings. The van der Waals surface area contributed by atoms with E-state index in [-0.39, 0.29) is 5.91 Å². The molecule has 0 unspecified atom stereocenters. The minimum Gasteiger partial charge on any atom is -0.337 e. The molecule has 0 radical (unpaired) electrons. The van der Waals surface area contributed by atoms with E-state index in [2.05, 4.69) is 21.5 Å². The molecule has 0 N–H and O–H groups in total. The summed E-state index contributed by atoms with van der Waals surface area (Å²) in [5, 5.41) is 0. The van der Waals surface area contributed by atoms with Crippen LogP contribution in [0, 0.1) is 12.8 Å². The molecule has 1 aliphatic heterocycles. The first kappa shape index (κ1) is 16.3. The molecule has 1 saturated heterocycles. The molecule has 25 heavy (non-hydrogen) atoms. The average Bonchev–Trinajstić information content (AvgIpc) is 2.95. The molecule has 0 aromatic carbocycles. The van der Waals surface area contributed by atoms with Crippen molar-refractivity contribution in [2.24, 2.45) is 5.92 Å². The van der Waals surface area contributed by atoms with Gasteiger partial charge in [-0.1, -0.05) is 12.5 Å². The number of aryl methyl sites for hydroxylation is 1. The minimum atomic E-state index is 0.0630. The van der Waals surface area contributed by atoms with E-state index in [0.29, 0.717) is 17.5 Å². The van der Waals surface area contributed by atoms with Crippen LogP contribution in [0.2, 0.25) is 0 Å². The topological polar surface area (TPSA) is 51.0 Å². The van der Waals surface area contributed by atoms with E-state index < -0.39 is 0 Å². The number of hydrogen-bond donors (Lipinski definition) is 0. The van der Waals surface area contributed by atoms with E-state index in [9.17, 15) is 4.79 Å². The smallest absolute Gasteiger partial charge is 0.272 e. The fraction of sp³-hybridized carbons (Fsp3) is 0.550. The van der Waals surface area contributed by atoms with E-state index in [1.165, 1.54) is 30.8 Å². The van der Waals surface area contributed by atoms with Gasteiger partial charge in [-0.05, 0) is 50.7 Å². The van der Waals surface area contributed by atoms with E-state index in [1.54, 1.807) is 12.3 Å². The van der Waals surface area contributed by atoms with Gasteiger partial charge in [0.2, 0.25) is 0 Å². The molecule has 4 rings (SSSR count). The Bertz CT molecular complexity index is 727. The van der Waals surface area contributed by atoms with Crippen molar-refractivity contribution in [2.45, 2.75) is 51.5 Å². The fourth-order valence-corrected chi connectivity index (χ4v) is 3.94. The molecular weight excluding hydrogens is 312 g/mol. The predicted octanol–water partition coefficient (Wildman–Crippen LogP) is 3.41. The number of piperidine rings is 1. The summed E-state index contributed by atoms with van der Waals surface area (Å²) < 4.78 is 2.44. The SMILES string of the molecule is Cc1cnc(C2CCC2)n1CC1CCN(C(=O)c2ccccn2)CC1. The molecule has 3 heterocycles. The summed E-state index contributed by atoms with van der Waals surface area (Å²) in [4.78, 5) is 23.3. The summed E-state index contributed by atoms with van der Waals surface area (Å²) in [6.45, 7) is 4.86. The van der Waals surface area contributed by atoms with Crippen LogP contribution < -0.4 is 0 Å². The van der Waals surface area contributed by atoms with Crippen LogP contribution in [0.5, 0.6) is 0 Å². The molecule has 1 aliphatic carbocycles. The number of rotatable bonds is 4. The van der Waals surface area contributed by atoms with Crippen LogP contribution in [0.1, 0.15) is 60.0 Å². The largest absolute Gasteiger partial charge is 0.337 e. The van der Waals surface area contributed by atoms with Crippen LogP contribution >= 0.6 is 0 Å². The van der Waals surface area contributed by atoms with Gasteiger partial charge in [-0.15, -0.1) is 0 Å². The average molecular weight is 338 g/mol. The van der Waals surface area contributed by atoms with Crippen molar-refractivity contribution in [3.8, 4) is 0 Å². The van der Waals surface area contributed by atoms with E-state index in [0.717, 1.165) is 32.5 Å². The molecule has 5 nitrogen and oxygen atoms in total. The maximum Gasteiger partial charge on any atom is 0.272 e. The second kappa shape index (κ2) is 6.98. The Morgan fingerprint density at radius 3 is 2.60 bits per heavy atom. The number of nitrogens with zero attached hydrogens (tertiary/aromatic N) is 4. The number of imidazole rings is 1. The molecule has 0 atom stereocenters. The number of aromatic nitrogens is 3. The summed E-state index contributed by atoms with van der Waals surface area (Å²) in [6.07, 6.45) is 9.73. The lowest BCUT2D eigenvalue weighted by Gasteiger charge is -2.33. The van der Waals surface area contributed by atoms with Gasteiger partial charge in [0, 0.05) is 43.6 Å². The summed E-state index contributed by atoms with van der Waals surface area (Å²) in [6, 6.07) is 5.51.